The van der Waals surface area contributed by atoms with Crippen LogP contribution in [0.5, 0.6) is 5.75 Å². The molecule has 1 aromatic rings. The van der Waals surface area contributed by atoms with Crippen LogP contribution in [0.4, 0.5) is 14.4 Å². The van der Waals surface area contributed by atoms with Crippen LogP contribution in [0.1, 0.15) is 20.8 Å². The number of amides is 2. The lowest BCUT2D eigenvalue weighted by Gasteiger charge is -2.46. The molecule has 1 aromatic carbocycles. The molecule has 2 aliphatic rings. The number of alkyl carbamates (subject to hydrolysis) is 2. The SMILES string of the molecule is C=CC(CO[C@@H]1O[C@H](CO[C@@H]2O[C@H](COC(C)=O)[C@@H](OC(C)=O)[C@H](OC(C)=O)[C@H]2NC(=O)OCC(Cl)(Cl)Cl)[C@@H](O)[C@H](O)[C@H]1NC(=O)OCC(Cl)(Cl)Cl)SC(=O)Oc1ccccc1. The van der Waals surface area contributed by atoms with Gasteiger partial charge in [-0.3, -0.25) is 14.4 Å². The van der Waals surface area contributed by atoms with Crippen LogP contribution < -0.4 is 15.4 Å². The van der Waals surface area contributed by atoms with Crippen molar-refractivity contribution in [2.24, 2.45) is 0 Å². The molecule has 2 heterocycles. The number of halogens is 6. The predicted molar refractivity (Wildman–Crippen MR) is 220 cm³/mol. The molecule has 0 radical (unpaired) electrons. The van der Waals surface area contributed by atoms with E-state index in [1.807, 2.05) is 0 Å². The summed E-state index contributed by atoms with van der Waals surface area (Å²) in [5.41, 5.74) is 0. The summed E-state index contributed by atoms with van der Waals surface area (Å²) in [7, 11) is 0. The fourth-order valence-electron chi connectivity index (χ4n) is 5.48. The van der Waals surface area contributed by atoms with E-state index in [0.29, 0.717) is 11.8 Å². The number of hydrogen-bond donors (Lipinski definition) is 4. The summed E-state index contributed by atoms with van der Waals surface area (Å²) in [5.74, 6) is -2.36. The smallest absolute Gasteiger partial charge is 0.407 e. The summed E-state index contributed by atoms with van der Waals surface area (Å²) >= 11 is 34.9. The zero-order valence-corrected chi connectivity index (χ0v) is 38.0. The molecule has 4 N–H and O–H groups in total. The molecule has 11 atom stereocenters. The normalized spacial score (nSPS) is 26.8. The number of nitrogens with one attached hydrogen (secondary N) is 2. The molecule has 2 aliphatic heterocycles. The Morgan fingerprint density at radius 2 is 1.27 bits per heavy atom. The van der Waals surface area contributed by atoms with Crippen LogP contribution in [0.3, 0.4) is 0 Å². The molecule has 0 aliphatic carbocycles. The maximum absolute atomic E-state index is 13.0. The first-order valence-corrected chi connectivity index (χ1v) is 21.0. The summed E-state index contributed by atoms with van der Waals surface area (Å²) in [6, 6.07) is 4.92. The summed E-state index contributed by atoms with van der Waals surface area (Å²) in [6.45, 7) is 3.60. The first-order chi connectivity index (χ1) is 29.0. The Bertz CT molecular complexity index is 1690. The molecule has 1 unspecified atom stereocenters. The minimum atomic E-state index is -2.06. The highest BCUT2D eigenvalue weighted by atomic mass is 35.6. The highest BCUT2D eigenvalue weighted by Crippen LogP contribution is 2.32. The van der Waals surface area contributed by atoms with Gasteiger partial charge >= 0.3 is 35.4 Å². The van der Waals surface area contributed by atoms with Crippen LogP contribution in [0, 0.1) is 0 Å². The fraction of sp³-hybridized carbons (Fsp3) is 0.600. The zero-order chi connectivity index (χ0) is 46.4. The summed E-state index contributed by atoms with van der Waals surface area (Å²) in [6.07, 6.45) is -14.6. The van der Waals surface area contributed by atoms with E-state index in [-0.39, 0.29) is 12.4 Å². The van der Waals surface area contributed by atoms with Gasteiger partial charge in [-0.25, -0.2) is 14.4 Å². The molecular formula is C35H42Cl6N2O18S. The summed E-state index contributed by atoms with van der Waals surface area (Å²) in [5, 5.41) is 25.7. The molecule has 348 valence electrons. The second-order valence-electron chi connectivity index (χ2n) is 13.0. The van der Waals surface area contributed by atoms with Crippen LogP contribution in [0.2, 0.25) is 0 Å². The third-order valence-electron chi connectivity index (χ3n) is 8.01. The lowest BCUT2D eigenvalue weighted by Crippen LogP contribution is -2.68. The van der Waals surface area contributed by atoms with Gasteiger partial charge < -0.3 is 68.2 Å². The maximum atomic E-state index is 13.0. The van der Waals surface area contributed by atoms with E-state index in [2.05, 4.69) is 17.2 Å². The number of ether oxygens (including phenoxy) is 10. The Balaban J connectivity index is 1.92. The second-order valence-corrected chi connectivity index (χ2v) is 19.2. The van der Waals surface area contributed by atoms with Gasteiger partial charge in [-0.2, -0.15) is 0 Å². The fourth-order valence-corrected chi connectivity index (χ4v) is 6.44. The van der Waals surface area contributed by atoms with Crippen LogP contribution in [0.15, 0.2) is 43.0 Å². The maximum Gasteiger partial charge on any atom is 0.407 e. The van der Waals surface area contributed by atoms with E-state index in [9.17, 15) is 39.0 Å². The lowest BCUT2D eigenvalue weighted by molar-refractivity contribution is -0.305. The molecular weight excluding hydrogens is 981 g/mol. The highest BCUT2D eigenvalue weighted by molar-refractivity contribution is 8.14. The molecule has 2 saturated heterocycles. The topological polar surface area (TPSA) is 259 Å². The summed E-state index contributed by atoms with van der Waals surface area (Å²) in [4.78, 5) is 74.8. The number of carbonyl (C=O) groups excluding carboxylic acids is 6. The molecule has 27 heteroatoms. The number of esters is 3. The molecule has 0 bridgehead atoms. The monoisotopic (exact) mass is 1020 g/mol. The first kappa shape index (κ1) is 53.6. The summed E-state index contributed by atoms with van der Waals surface area (Å²) < 4.78 is 50.9. The quantitative estimate of drug-likeness (QED) is 0.0743. The van der Waals surface area contributed by atoms with Gasteiger partial charge in [-0.15, -0.1) is 6.58 Å². The standard InChI is InChI=1S/C35H42Cl6N2O18S/c1-5-20(62-33(51)59-19-9-7-6-8-10-19)11-53-29-23(42-31(49)55-14-34(36,37)38)26(48)25(47)21(60-29)12-54-30-24(43-32(50)56-15-35(39,40)41)28(58-18(4)46)27(57-17(3)45)22(61-30)13-52-16(2)44/h5-10,20-30,47-48H,1,11-15H2,2-4H3,(H,42,49)(H,43,50)/t20?,21-,22-,23-,24-,25-,26-,27-,28-,29-,30-/m1/s1. The van der Waals surface area contributed by atoms with Gasteiger partial charge in [-0.05, 0) is 23.9 Å². The number of carbonyl (C=O) groups is 6. The van der Waals surface area contributed by atoms with Crippen molar-refractivity contribution in [2.75, 3.05) is 33.0 Å². The van der Waals surface area contributed by atoms with Gasteiger partial charge in [0.2, 0.25) is 7.59 Å². The average Bonchev–Trinajstić information content (AvgIpc) is 3.17. The van der Waals surface area contributed by atoms with Gasteiger partial charge in [0.15, 0.2) is 24.8 Å². The molecule has 0 spiro atoms. The minimum absolute atomic E-state index is 0.264. The van der Waals surface area contributed by atoms with E-state index in [1.54, 1.807) is 30.3 Å². The Hall–Kier alpha value is -2.77. The number of thioether (sulfide) groups is 1. The number of aliphatic hydroxyl groups is 2. The Kier molecular flexibility index (Phi) is 21.7. The van der Waals surface area contributed by atoms with Crippen molar-refractivity contribution in [1.29, 1.82) is 0 Å². The largest absolute Gasteiger partial charge is 0.463 e. The number of aliphatic hydroxyl groups excluding tert-OH is 2. The molecule has 0 aromatic heterocycles. The molecule has 62 heavy (non-hydrogen) atoms. The van der Waals surface area contributed by atoms with Crippen molar-refractivity contribution in [2.45, 2.75) is 94.9 Å². The minimum Gasteiger partial charge on any atom is -0.463 e. The van der Waals surface area contributed by atoms with E-state index < -0.39 is 136 Å². The van der Waals surface area contributed by atoms with E-state index in [0.717, 1.165) is 20.8 Å². The zero-order valence-electron chi connectivity index (χ0n) is 32.7. The number of benzene rings is 1. The first-order valence-electron chi connectivity index (χ1n) is 17.9. The average molecular weight is 1020 g/mol. The second kappa shape index (κ2) is 25.1. The van der Waals surface area contributed by atoms with Crippen molar-refractivity contribution < 1.29 is 86.3 Å². The molecule has 0 saturated carbocycles. The van der Waals surface area contributed by atoms with Gasteiger partial charge in [-0.1, -0.05) is 93.9 Å². The van der Waals surface area contributed by atoms with Crippen molar-refractivity contribution in [3.63, 3.8) is 0 Å². The van der Waals surface area contributed by atoms with E-state index in [4.69, 9.17) is 117 Å². The molecule has 2 amide bonds. The number of hydrogen-bond acceptors (Lipinski definition) is 19. The number of para-hydroxylation sites is 1. The van der Waals surface area contributed by atoms with Crippen molar-refractivity contribution in [3.8, 4) is 5.75 Å². The molecule has 3 rings (SSSR count). The van der Waals surface area contributed by atoms with Crippen LogP contribution in [0.25, 0.3) is 0 Å². The van der Waals surface area contributed by atoms with Gasteiger partial charge in [0, 0.05) is 20.8 Å². The van der Waals surface area contributed by atoms with Crippen LogP contribution >= 0.6 is 81.4 Å². The number of alkyl halides is 6. The van der Waals surface area contributed by atoms with Crippen molar-refractivity contribution in [3.05, 3.63) is 43.0 Å². The Morgan fingerprint density at radius 3 is 1.81 bits per heavy atom. The van der Waals surface area contributed by atoms with Crippen molar-refractivity contribution in [1.82, 2.24) is 10.6 Å². The van der Waals surface area contributed by atoms with Gasteiger partial charge in [0.05, 0.1) is 18.5 Å². The predicted octanol–water partition coefficient (Wildman–Crippen LogP) is 4.03. The van der Waals surface area contributed by atoms with E-state index >= 15 is 0 Å². The van der Waals surface area contributed by atoms with Gasteiger partial charge in [0.25, 0.3) is 0 Å². The highest BCUT2D eigenvalue weighted by Gasteiger charge is 2.53. The van der Waals surface area contributed by atoms with Crippen molar-refractivity contribution >= 4 is 117 Å². The third kappa shape index (κ3) is 18.8. The van der Waals surface area contributed by atoms with Gasteiger partial charge in [0.1, 0.15) is 62.1 Å². The number of rotatable bonds is 17. The Labute approximate surface area is 388 Å². The lowest BCUT2D eigenvalue weighted by atomic mass is 9.95. The van der Waals surface area contributed by atoms with E-state index in [1.165, 1.54) is 6.08 Å². The molecule has 20 nitrogen and oxygen atoms in total. The van der Waals surface area contributed by atoms with Crippen LogP contribution in [-0.2, 0) is 57.0 Å². The Morgan fingerprint density at radius 1 is 0.742 bits per heavy atom. The third-order valence-corrected chi connectivity index (χ3v) is 9.57. The molecule has 2 fully saturated rings. The van der Waals surface area contributed by atoms with Crippen LogP contribution in [-0.4, -0.2) is 153 Å².